The van der Waals surface area contributed by atoms with Crippen molar-refractivity contribution in [2.24, 2.45) is 0 Å². The van der Waals surface area contributed by atoms with Crippen LogP contribution in [0.5, 0.6) is 5.75 Å². The molecular formula is C10H8O4. The lowest BCUT2D eigenvalue weighted by molar-refractivity contribution is -0.131. The predicted octanol–water partition coefficient (Wildman–Crippen LogP) is 0.935. The van der Waals surface area contributed by atoms with Crippen molar-refractivity contribution in [3.63, 3.8) is 0 Å². The van der Waals surface area contributed by atoms with Gasteiger partial charge in [0.15, 0.2) is 0 Å². The average molecular weight is 192 g/mol. The number of ether oxygens (including phenoxy) is 2. The van der Waals surface area contributed by atoms with Crippen molar-refractivity contribution < 1.29 is 19.1 Å². The zero-order chi connectivity index (χ0) is 10.1. The fourth-order valence-electron chi connectivity index (χ4n) is 1.38. The molecule has 0 radical (unpaired) electrons. The maximum absolute atomic E-state index is 11.1. The quantitative estimate of drug-likeness (QED) is 0.490. The molecule has 1 aliphatic heterocycles. The van der Waals surface area contributed by atoms with E-state index in [-0.39, 0.29) is 12.4 Å². The van der Waals surface area contributed by atoms with Crippen LogP contribution in [0.3, 0.4) is 0 Å². The maximum Gasteiger partial charge on any atom is 0.337 e. The minimum atomic E-state index is -0.410. The minimum Gasteiger partial charge on any atom is -0.465 e. The highest BCUT2D eigenvalue weighted by Gasteiger charge is 2.21. The van der Waals surface area contributed by atoms with E-state index in [1.807, 2.05) is 0 Å². The zero-order valence-electron chi connectivity index (χ0n) is 7.57. The molecule has 0 saturated carbocycles. The van der Waals surface area contributed by atoms with E-state index in [0.29, 0.717) is 11.3 Å². The molecule has 1 aromatic carbocycles. The van der Waals surface area contributed by atoms with Gasteiger partial charge in [0.1, 0.15) is 5.75 Å². The molecule has 72 valence electrons. The summed E-state index contributed by atoms with van der Waals surface area (Å²) in [4.78, 5) is 22.1. The Kier molecular flexibility index (Phi) is 1.96. The summed E-state index contributed by atoms with van der Waals surface area (Å²) in [5.74, 6) is -0.170. The van der Waals surface area contributed by atoms with Gasteiger partial charge < -0.3 is 9.47 Å². The molecule has 1 aliphatic rings. The summed E-state index contributed by atoms with van der Waals surface area (Å²) < 4.78 is 9.44. The Bertz CT molecular complexity index is 409. The Morgan fingerprint density at radius 1 is 1.50 bits per heavy atom. The van der Waals surface area contributed by atoms with Crippen molar-refractivity contribution in [3.05, 3.63) is 29.3 Å². The maximum atomic E-state index is 11.1. The number of fused-ring (bicyclic) bond motifs is 1. The third-order valence-electron chi connectivity index (χ3n) is 2.04. The highest BCUT2D eigenvalue weighted by atomic mass is 16.5. The van der Waals surface area contributed by atoms with E-state index in [1.165, 1.54) is 7.11 Å². The highest BCUT2D eigenvalue weighted by Crippen LogP contribution is 2.26. The van der Waals surface area contributed by atoms with Gasteiger partial charge in [0, 0.05) is 5.56 Å². The summed E-state index contributed by atoms with van der Waals surface area (Å²) in [6, 6.07) is 4.79. The number of hydrogen-bond acceptors (Lipinski definition) is 4. The van der Waals surface area contributed by atoms with Gasteiger partial charge in [0.2, 0.25) is 0 Å². The number of carbonyl (C=O) groups is 2. The summed E-state index contributed by atoms with van der Waals surface area (Å²) in [5, 5.41) is 0. The van der Waals surface area contributed by atoms with Crippen LogP contribution in [0.1, 0.15) is 15.9 Å². The minimum absolute atomic E-state index is 0.222. The third-order valence-corrected chi connectivity index (χ3v) is 2.04. The summed E-state index contributed by atoms with van der Waals surface area (Å²) in [6.07, 6.45) is 0.222. The molecule has 2 rings (SSSR count). The van der Waals surface area contributed by atoms with Crippen LogP contribution in [0.15, 0.2) is 18.2 Å². The number of methoxy groups -OCH3 is 1. The number of hydrogen-bond donors (Lipinski definition) is 0. The van der Waals surface area contributed by atoms with Crippen LogP contribution in [0.2, 0.25) is 0 Å². The van der Waals surface area contributed by atoms with Crippen molar-refractivity contribution in [2.75, 3.05) is 7.11 Å². The molecule has 0 aromatic heterocycles. The van der Waals surface area contributed by atoms with Crippen LogP contribution in [0.25, 0.3) is 0 Å². The molecule has 1 aromatic rings. The first-order valence-corrected chi connectivity index (χ1v) is 4.12. The van der Waals surface area contributed by atoms with Crippen molar-refractivity contribution in [2.45, 2.75) is 6.42 Å². The summed E-state index contributed by atoms with van der Waals surface area (Å²) >= 11 is 0. The SMILES string of the molecule is COC(=O)c1ccc2c(c1)CC(=O)O2. The van der Waals surface area contributed by atoms with Gasteiger partial charge in [-0.1, -0.05) is 0 Å². The molecule has 0 spiro atoms. The Morgan fingerprint density at radius 2 is 2.29 bits per heavy atom. The third kappa shape index (κ3) is 1.35. The normalized spacial score (nSPS) is 13.4. The number of rotatable bonds is 1. The van der Waals surface area contributed by atoms with Crippen LogP contribution in [0, 0.1) is 0 Å². The Hall–Kier alpha value is -1.84. The number of esters is 2. The van der Waals surface area contributed by atoms with Gasteiger partial charge in [0.25, 0.3) is 0 Å². The standard InChI is InChI=1S/C10H8O4/c1-13-10(12)6-2-3-8-7(4-6)5-9(11)14-8/h2-4H,5H2,1H3. The average Bonchev–Trinajstić information content (AvgIpc) is 2.55. The van der Waals surface area contributed by atoms with Gasteiger partial charge in [-0.25, -0.2) is 4.79 Å². The van der Waals surface area contributed by atoms with Gasteiger partial charge in [-0.3, -0.25) is 4.79 Å². The number of benzene rings is 1. The molecular weight excluding hydrogens is 184 g/mol. The van der Waals surface area contributed by atoms with Crippen molar-refractivity contribution in [1.29, 1.82) is 0 Å². The van der Waals surface area contributed by atoms with Crippen molar-refractivity contribution in [1.82, 2.24) is 0 Å². The smallest absolute Gasteiger partial charge is 0.337 e. The highest BCUT2D eigenvalue weighted by molar-refractivity contribution is 5.91. The van der Waals surface area contributed by atoms with Crippen LogP contribution >= 0.6 is 0 Å². The van der Waals surface area contributed by atoms with Crippen molar-refractivity contribution in [3.8, 4) is 5.75 Å². The largest absolute Gasteiger partial charge is 0.465 e. The fourth-order valence-corrected chi connectivity index (χ4v) is 1.38. The molecule has 14 heavy (non-hydrogen) atoms. The molecule has 0 saturated heterocycles. The zero-order valence-corrected chi connectivity index (χ0v) is 7.57. The molecule has 0 fully saturated rings. The van der Waals surface area contributed by atoms with Crippen LogP contribution in [-0.2, 0) is 16.0 Å². The second-order valence-electron chi connectivity index (χ2n) is 2.96. The molecule has 0 N–H and O–H groups in total. The van der Waals surface area contributed by atoms with E-state index < -0.39 is 5.97 Å². The van der Waals surface area contributed by atoms with E-state index in [9.17, 15) is 9.59 Å². The second kappa shape index (κ2) is 3.14. The van der Waals surface area contributed by atoms with Gasteiger partial charge in [0.05, 0.1) is 19.1 Å². The Morgan fingerprint density at radius 3 is 3.00 bits per heavy atom. The molecule has 0 atom stereocenters. The molecule has 0 bridgehead atoms. The molecule has 0 unspecified atom stereocenters. The molecule has 0 aliphatic carbocycles. The lowest BCUT2D eigenvalue weighted by Crippen LogP contribution is -2.01. The first kappa shape index (κ1) is 8.74. The van der Waals surface area contributed by atoms with E-state index in [1.54, 1.807) is 18.2 Å². The molecule has 0 amide bonds. The Labute approximate surface area is 80.4 Å². The lowest BCUT2D eigenvalue weighted by Gasteiger charge is -2.00. The fraction of sp³-hybridized carbons (Fsp3) is 0.200. The molecule has 1 heterocycles. The topological polar surface area (TPSA) is 52.6 Å². The number of carbonyl (C=O) groups excluding carboxylic acids is 2. The second-order valence-corrected chi connectivity index (χ2v) is 2.96. The molecule has 4 heteroatoms. The summed E-state index contributed by atoms with van der Waals surface area (Å²) in [6.45, 7) is 0. The van der Waals surface area contributed by atoms with Crippen LogP contribution < -0.4 is 4.74 Å². The van der Waals surface area contributed by atoms with Gasteiger partial charge in [-0.2, -0.15) is 0 Å². The first-order chi connectivity index (χ1) is 6.70. The lowest BCUT2D eigenvalue weighted by atomic mass is 10.1. The first-order valence-electron chi connectivity index (χ1n) is 4.12. The van der Waals surface area contributed by atoms with E-state index >= 15 is 0 Å². The Balaban J connectivity index is 2.37. The monoisotopic (exact) mass is 192 g/mol. The molecule has 4 nitrogen and oxygen atoms in total. The van der Waals surface area contributed by atoms with Gasteiger partial charge in [-0.05, 0) is 18.2 Å². The summed E-state index contributed by atoms with van der Waals surface area (Å²) in [5.41, 5.74) is 1.17. The van der Waals surface area contributed by atoms with E-state index in [0.717, 1.165) is 5.56 Å². The van der Waals surface area contributed by atoms with Gasteiger partial charge >= 0.3 is 11.9 Å². The van der Waals surface area contributed by atoms with Crippen molar-refractivity contribution >= 4 is 11.9 Å². The summed E-state index contributed by atoms with van der Waals surface area (Å²) in [7, 11) is 1.32. The van der Waals surface area contributed by atoms with E-state index in [4.69, 9.17) is 4.74 Å². The van der Waals surface area contributed by atoms with Crippen LogP contribution in [0.4, 0.5) is 0 Å². The van der Waals surface area contributed by atoms with Gasteiger partial charge in [-0.15, -0.1) is 0 Å². The van der Waals surface area contributed by atoms with E-state index in [2.05, 4.69) is 4.74 Å². The van der Waals surface area contributed by atoms with Crippen LogP contribution in [-0.4, -0.2) is 19.0 Å². The predicted molar refractivity (Wildman–Crippen MR) is 47.1 cm³/mol.